The number of nitrogens with one attached hydrogen (secondary N) is 2. The highest BCUT2D eigenvalue weighted by Gasteiger charge is 2.15. The number of hydrogen-bond donors (Lipinski definition) is 2. The van der Waals surface area contributed by atoms with Crippen LogP contribution >= 0.6 is 0 Å². The van der Waals surface area contributed by atoms with Crippen LogP contribution in [0.3, 0.4) is 0 Å². The van der Waals surface area contributed by atoms with Crippen LogP contribution in [0, 0.1) is 12.3 Å². The molecule has 0 saturated carbocycles. The Kier molecular flexibility index (Phi) is 5.06. The summed E-state index contributed by atoms with van der Waals surface area (Å²) in [6.07, 6.45) is 7.19. The van der Waals surface area contributed by atoms with Crippen LogP contribution in [0.5, 0.6) is 0 Å². The predicted octanol–water partition coefficient (Wildman–Crippen LogP) is 3.21. The number of hydrazine groups is 1. The largest absolute Gasteiger partial charge is 0.483 e. The molecule has 2 aromatic carbocycles. The van der Waals surface area contributed by atoms with Gasteiger partial charge in [0.2, 0.25) is 5.88 Å². The summed E-state index contributed by atoms with van der Waals surface area (Å²) in [6, 6.07) is 19.9. The topological polar surface area (TPSA) is 42.5 Å². The maximum atomic E-state index is 5.88. The molecule has 0 radical (unpaired) electrons. The van der Waals surface area contributed by atoms with Gasteiger partial charge in [-0.15, -0.1) is 6.42 Å². The molecular weight excluding hydrogens is 300 g/mol. The number of rotatable bonds is 6. The lowest BCUT2D eigenvalue weighted by atomic mass is 10.2. The van der Waals surface area contributed by atoms with Gasteiger partial charge in [-0.25, -0.2) is 0 Å². The van der Waals surface area contributed by atoms with Gasteiger partial charge in [0.15, 0.2) is 5.76 Å². The van der Waals surface area contributed by atoms with Gasteiger partial charge in [-0.2, -0.15) is 0 Å². The Bertz CT molecular complexity index is 774. The summed E-state index contributed by atoms with van der Waals surface area (Å²) in [5, 5.41) is 0. The minimum absolute atomic E-state index is 0.433. The lowest BCUT2D eigenvalue weighted by Crippen LogP contribution is -2.35. The van der Waals surface area contributed by atoms with Crippen LogP contribution < -0.4 is 10.9 Å². The molecule has 120 valence electrons. The second kappa shape index (κ2) is 7.80. The molecule has 0 amide bonds. The maximum absolute atomic E-state index is 5.88. The monoisotopic (exact) mass is 318 g/mol. The second-order valence-corrected chi connectivity index (χ2v) is 5.19. The van der Waals surface area contributed by atoms with E-state index in [2.05, 4.69) is 16.8 Å². The Morgan fingerprint density at radius 3 is 1.96 bits per heavy atom. The Morgan fingerprint density at radius 2 is 1.38 bits per heavy atom. The molecule has 0 saturated heterocycles. The lowest BCUT2D eigenvalue weighted by Gasteiger charge is -2.21. The maximum Gasteiger partial charge on any atom is 0.249 e. The fraction of sp³-hybridized carbons (Fsp3) is 0.100. The molecule has 4 nitrogen and oxygen atoms in total. The van der Waals surface area contributed by atoms with Crippen molar-refractivity contribution in [3.63, 3.8) is 0 Å². The van der Waals surface area contributed by atoms with Gasteiger partial charge in [-0.3, -0.25) is 10.9 Å². The van der Waals surface area contributed by atoms with Gasteiger partial charge in [-0.05, 0) is 11.1 Å². The molecule has 0 fully saturated rings. The van der Waals surface area contributed by atoms with Crippen molar-refractivity contribution in [1.29, 1.82) is 0 Å². The molecular formula is C20H18N2O2. The second-order valence-electron chi connectivity index (χ2n) is 5.19. The fourth-order valence-electron chi connectivity index (χ4n) is 2.18. The quantitative estimate of drug-likeness (QED) is 0.803. The van der Waals surface area contributed by atoms with Crippen molar-refractivity contribution in [3.8, 4) is 12.3 Å². The molecule has 1 aliphatic heterocycles. The summed E-state index contributed by atoms with van der Waals surface area (Å²) in [4.78, 5) is 0. The van der Waals surface area contributed by atoms with E-state index in [0.29, 0.717) is 30.6 Å². The van der Waals surface area contributed by atoms with Gasteiger partial charge in [0, 0.05) is 6.08 Å². The SMILES string of the molecule is C#CC1=CC(OCc2ccccc2)=C(OCc2ccccc2)NN1. The van der Waals surface area contributed by atoms with E-state index in [9.17, 15) is 0 Å². The van der Waals surface area contributed by atoms with E-state index in [1.165, 1.54) is 0 Å². The van der Waals surface area contributed by atoms with Crippen LogP contribution in [0.15, 0.2) is 84.1 Å². The van der Waals surface area contributed by atoms with Gasteiger partial charge in [0.1, 0.15) is 18.9 Å². The molecule has 2 aromatic rings. The Hall–Kier alpha value is -3.32. The summed E-state index contributed by atoms with van der Waals surface area (Å²) in [7, 11) is 0. The molecule has 0 aromatic heterocycles. The highest BCUT2D eigenvalue weighted by Crippen LogP contribution is 2.16. The van der Waals surface area contributed by atoms with Crippen LogP contribution in [-0.4, -0.2) is 0 Å². The van der Waals surface area contributed by atoms with E-state index in [1.54, 1.807) is 6.08 Å². The molecule has 2 N–H and O–H groups in total. The third-order valence-corrected chi connectivity index (χ3v) is 3.43. The first kappa shape index (κ1) is 15.6. The van der Waals surface area contributed by atoms with Gasteiger partial charge >= 0.3 is 0 Å². The Labute approximate surface area is 141 Å². The lowest BCUT2D eigenvalue weighted by molar-refractivity contribution is 0.123. The summed E-state index contributed by atoms with van der Waals surface area (Å²) in [6.45, 7) is 0.868. The third-order valence-electron chi connectivity index (χ3n) is 3.43. The van der Waals surface area contributed by atoms with Crippen molar-refractivity contribution in [2.75, 3.05) is 0 Å². The first-order valence-corrected chi connectivity index (χ1v) is 7.63. The molecule has 0 atom stereocenters. The van der Waals surface area contributed by atoms with Crippen LogP contribution in [0.1, 0.15) is 11.1 Å². The van der Waals surface area contributed by atoms with Gasteiger partial charge < -0.3 is 9.47 Å². The first-order chi connectivity index (χ1) is 11.8. The smallest absolute Gasteiger partial charge is 0.249 e. The summed E-state index contributed by atoms with van der Waals surface area (Å²) >= 11 is 0. The Balaban J connectivity index is 1.72. The van der Waals surface area contributed by atoms with Crippen molar-refractivity contribution in [2.45, 2.75) is 13.2 Å². The van der Waals surface area contributed by atoms with Crippen LogP contribution in [-0.2, 0) is 22.7 Å². The first-order valence-electron chi connectivity index (χ1n) is 7.63. The predicted molar refractivity (Wildman–Crippen MR) is 92.7 cm³/mol. The standard InChI is InChI=1S/C20H18N2O2/c1-2-18-13-19(23-14-16-9-5-3-6-10-16)20(22-21-18)24-15-17-11-7-4-8-12-17/h1,3-13,21-22H,14-15H2. The van der Waals surface area contributed by atoms with Crippen molar-refractivity contribution >= 4 is 0 Å². The highest BCUT2D eigenvalue weighted by atomic mass is 16.5. The van der Waals surface area contributed by atoms with E-state index in [-0.39, 0.29) is 0 Å². The zero-order valence-electron chi connectivity index (χ0n) is 13.2. The molecule has 24 heavy (non-hydrogen) atoms. The van der Waals surface area contributed by atoms with Crippen molar-refractivity contribution < 1.29 is 9.47 Å². The van der Waals surface area contributed by atoms with Crippen LogP contribution in [0.25, 0.3) is 0 Å². The normalized spacial score (nSPS) is 13.2. The average Bonchev–Trinajstić information content (AvgIpc) is 2.66. The average molecular weight is 318 g/mol. The number of ether oxygens (including phenoxy) is 2. The van der Waals surface area contributed by atoms with Crippen molar-refractivity contribution in [2.24, 2.45) is 0 Å². The van der Waals surface area contributed by atoms with E-state index < -0.39 is 0 Å². The number of allylic oxidation sites excluding steroid dienone is 2. The van der Waals surface area contributed by atoms with Crippen molar-refractivity contribution in [3.05, 3.63) is 95.2 Å². The summed E-state index contributed by atoms with van der Waals surface area (Å²) < 4.78 is 11.7. The zero-order chi connectivity index (χ0) is 16.6. The van der Waals surface area contributed by atoms with Gasteiger partial charge in [0.25, 0.3) is 0 Å². The molecule has 3 rings (SSSR count). The van der Waals surface area contributed by atoms with Crippen LogP contribution in [0.2, 0.25) is 0 Å². The highest BCUT2D eigenvalue weighted by molar-refractivity contribution is 5.34. The van der Waals surface area contributed by atoms with E-state index in [4.69, 9.17) is 15.9 Å². The Morgan fingerprint density at radius 1 is 0.792 bits per heavy atom. The molecule has 1 heterocycles. The number of hydrogen-bond acceptors (Lipinski definition) is 4. The fourth-order valence-corrected chi connectivity index (χ4v) is 2.18. The minimum atomic E-state index is 0.433. The molecule has 0 spiro atoms. The van der Waals surface area contributed by atoms with Gasteiger partial charge in [-0.1, -0.05) is 66.6 Å². The molecule has 0 unspecified atom stereocenters. The number of benzene rings is 2. The minimum Gasteiger partial charge on any atom is -0.483 e. The van der Waals surface area contributed by atoms with Crippen LogP contribution in [0.4, 0.5) is 0 Å². The molecule has 4 heteroatoms. The van der Waals surface area contributed by atoms with Crippen molar-refractivity contribution in [1.82, 2.24) is 10.9 Å². The number of terminal acetylenes is 1. The van der Waals surface area contributed by atoms with E-state index in [0.717, 1.165) is 11.1 Å². The van der Waals surface area contributed by atoms with Gasteiger partial charge in [0.05, 0.1) is 0 Å². The van der Waals surface area contributed by atoms with E-state index >= 15 is 0 Å². The third kappa shape index (κ3) is 4.11. The molecule has 0 aliphatic carbocycles. The van der Waals surface area contributed by atoms with E-state index in [1.807, 2.05) is 60.7 Å². The molecule has 0 bridgehead atoms. The summed E-state index contributed by atoms with van der Waals surface area (Å²) in [5.74, 6) is 3.62. The zero-order valence-corrected chi connectivity index (χ0v) is 13.2. The molecule has 1 aliphatic rings. The summed E-state index contributed by atoms with van der Waals surface area (Å²) in [5.41, 5.74) is 8.57.